The van der Waals surface area contributed by atoms with Crippen molar-refractivity contribution in [2.75, 3.05) is 9.80 Å². The van der Waals surface area contributed by atoms with E-state index in [4.69, 9.17) is 0 Å². The molecule has 0 radical (unpaired) electrons. The maximum atomic E-state index is 2.60. The first-order valence-corrected chi connectivity index (χ1v) is 45.6. The van der Waals surface area contributed by atoms with Gasteiger partial charge in [0.25, 0.3) is 0 Å². The van der Waals surface area contributed by atoms with E-state index in [1.165, 1.54) is 134 Å². The fraction of sp³-hybridized carbons (Fsp3) is 0.0625. The molecule has 0 fully saturated rings. The van der Waals surface area contributed by atoms with Gasteiger partial charge in [0.2, 0.25) is 0 Å². The summed E-state index contributed by atoms with van der Waals surface area (Å²) in [5, 5.41) is 0. The summed E-state index contributed by atoms with van der Waals surface area (Å²) in [4.78, 5) is 5.15. The molecule has 0 saturated heterocycles. The van der Waals surface area contributed by atoms with Crippen molar-refractivity contribution in [1.29, 1.82) is 0 Å². The largest absolute Gasteiger partial charge is 0.310 e. The molecule has 24 rings (SSSR count). The summed E-state index contributed by atoms with van der Waals surface area (Å²) in [6.45, 7) is 9.66. The van der Waals surface area contributed by atoms with Crippen molar-refractivity contribution >= 4 is 34.1 Å². The van der Waals surface area contributed by atoms with Gasteiger partial charge in [-0.1, -0.05) is 422 Å². The van der Waals surface area contributed by atoms with Gasteiger partial charge in [-0.2, -0.15) is 0 Å². The number of nitrogens with zero attached hydrogens (tertiary/aromatic N) is 2. The highest BCUT2D eigenvalue weighted by Gasteiger charge is 2.50. The highest BCUT2D eigenvalue weighted by molar-refractivity contribution is 6.05. The van der Waals surface area contributed by atoms with Crippen molar-refractivity contribution in [3.8, 4) is 122 Å². The number of anilines is 6. The molecule has 0 heterocycles. The minimum Gasteiger partial charge on any atom is -0.310 e. The second kappa shape index (κ2) is 31.0. The fourth-order valence-corrected chi connectivity index (χ4v) is 22.9. The van der Waals surface area contributed by atoms with Crippen LogP contribution in [0.25, 0.3) is 122 Å². The summed E-state index contributed by atoms with van der Waals surface area (Å²) >= 11 is 0. The molecule has 20 aromatic rings. The molecule has 130 heavy (non-hydrogen) atoms. The van der Waals surface area contributed by atoms with E-state index in [0.717, 1.165) is 89.8 Å². The number of rotatable bonds is 17. The summed E-state index contributed by atoms with van der Waals surface area (Å²) in [6.07, 6.45) is 0. The van der Waals surface area contributed by atoms with Gasteiger partial charge >= 0.3 is 0 Å². The Balaban J connectivity index is 0.665. The lowest BCUT2D eigenvalue weighted by atomic mass is 9.68. The van der Waals surface area contributed by atoms with E-state index in [-0.39, 0.29) is 10.8 Å². The van der Waals surface area contributed by atoms with Crippen molar-refractivity contribution in [2.24, 2.45) is 0 Å². The molecule has 0 amide bonds. The highest BCUT2D eigenvalue weighted by atomic mass is 15.2. The Morgan fingerprint density at radius 3 is 0.892 bits per heavy atom. The molecule has 0 unspecified atom stereocenters. The van der Waals surface area contributed by atoms with E-state index < -0.39 is 10.8 Å². The molecule has 4 aliphatic rings. The summed E-state index contributed by atoms with van der Waals surface area (Å²) in [5.41, 5.74) is 46.0. The predicted molar refractivity (Wildman–Crippen MR) is 544 cm³/mol. The lowest BCUT2D eigenvalue weighted by Gasteiger charge is -2.35. The van der Waals surface area contributed by atoms with Gasteiger partial charge in [-0.3, -0.25) is 0 Å². The van der Waals surface area contributed by atoms with Gasteiger partial charge in [0, 0.05) is 44.7 Å². The van der Waals surface area contributed by atoms with Crippen LogP contribution in [0.15, 0.2) is 485 Å². The number of fused-ring (bicyclic) bond motifs is 12. The van der Waals surface area contributed by atoms with Gasteiger partial charge in [-0.25, -0.2) is 0 Å². The monoisotopic (exact) mass is 1660 g/mol. The molecule has 4 aliphatic carbocycles. The molecule has 0 aliphatic heterocycles. The van der Waals surface area contributed by atoms with Crippen molar-refractivity contribution in [2.45, 2.75) is 49.4 Å². The molecular formula is C128H92N2. The minimum absolute atomic E-state index is 0.264. The van der Waals surface area contributed by atoms with Crippen LogP contribution in [0.5, 0.6) is 0 Å². The number of benzene rings is 20. The average Bonchev–Trinajstić information content (AvgIpc) is 1.53. The maximum absolute atomic E-state index is 2.60. The van der Waals surface area contributed by atoms with Crippen molar-refractivity contribution in [3.05, 3.63) is 552 Å². The summed E-state index contributed by atoms with van der Waals surface area (Å²) in [6, 6.07) is 183. The molecule has 0 N–H and O–H groups in total. The zero-order chi connectivity index (χ0) is 86.8. The zero-order valence-corrected chi connectivity index (χ0v) is 73.1. The Bertz CT molecular complexity index is 7590. The van der Waals surface area contributed by atoms with Gasteiger partial charge in [0.05, 0.1) is 22.2 Å². The van der Waals surface area contributed by atoms with Gasteiger partial charge in [-0.15, -0.1) is 0 Å². The molecule has 20 aromatic carbocycles. The Labute approximate surface area is 762 Å². The predicted octanol–water partition coefficient (Wildman–Crippen LogP) is 33.6. The summed E-state index contributed by atoms with van der Waals surface area (Å²) in [5.74, 6) is 0. The van der Waals surface area contributed by atoms with E-state index in [9.17, 15) is 0 Å². The van der Waals surface area contributed by atoms with Crippen LogP contribution in [0.1, 0.15) is 94.5 Å². The van der Waals surface area contributed by atoms with E-state index in [1.54, 1.807) is 0 Å². The third-order valence-corrected chi connectivity index (χ3v) is 28.8. The first-order chi connectivity index (χ1) is 64.0. The third kappa shape index (κ3) is 12.2. The van der Waals surface area contributed by atoms with Crippen LogP contribution in [0.3, 0.4) is 0 Å². The average molecular weight is 1660 g/mol. The van der Waals surface area contributed by atoms with Crippen molar-refractivity contribution < 1.29 is 0 Å². The summed E-state index contributed by atoms with van der Waals surface area (Å²) in [7, 11) is 0. The first kappa shape index (κ1) is 77.6. The lowest BCUT2D eigenvalue weighted by molar-refractivity contribution is 0.660. The van der Waals surface area contributed by atoms with E-state index in [0.29, 0.717) is 0 Å². The van der Waals surface area contributed by atoms with E-state index in [1.807, 2.05) is 0 Å². The Morgan fingerprint density at radius 1 is 0.146 bits per heavy atom. The van der Waals surface area contributed by atoms with E-state index >= 15 is 0 Å². The van der Waals surface area contributed by atoms with Gasteiger partial charge in [0.15, 0.2) is 0 Å². The zero-order valence-electron chi connectivity index (χ0n) is 73.1. The molecule has 614 valence electrons. The second-order valence-electron chi connectivity index (χ2n) is 36.4. The minimum atomic E-state index is -0.622. The Hall–Kier alpha value is -16.0. The number of hydrogen-bond donors (Lipinski definition) is 0. The van der Waals surface area contributed by atoms with Gasteiger partial charge in [0.1, 0.15) is 0 Å². The van der Waals surface area contributed by atoms with Crippen LogP contribution < -0.4 is 9.80 Å². The topological polar surface area (TPSA) is 6.48 Å². The first-order valence-electron chi connectivity index (χ1n) is 45.6. The molecule has 0 atom stereocenters. The molecule has 2 heteroatoms. The van der Waals surface area contributed by atoms with Gasteiger partial charge in [-0.05, 0) is 269 Å². The molecule has 0 spiro atoms. The van der Waals surface area contributed by atoms with E-state index in [2.05, 4.69) is 523 Å². The molecule has 2 nitrogen and oxygen atoms in total. The fourth-order valence-electron chi connectivity index (χ4n) is 22.9. The molecule has 0 saturated carbocycles. The standard InChI is InChI=1S/C128H92N2/c1-125(2)112-59-32-29-56-104(112)105-73-71-102(84-118(105)125)130(121-65-37-63-117-124(121)108-58-31-34-61-115(108)128(117,98-52-25-11-26-53-98)99-54-27-12-28-55-99)103-81-109(88-42-17-7-18-43-88)122(110(82-103)89-44-19-8-20-45-89)92-47-35-46-90(76-92)91-68-75-113-111(80-91)106-74-72-101(83-119(106)126(113,3)4)129(100-69-66-87(67-70-100)95-78-93(85-38-13-5-14-39-85)77-94(79-95)86-40-15-6-16-41-86)120-64-36-62-116-123(120)107-57-30-33-60-114(107)127(116,96-48-21-9-22-49-96)97-50-23-10-24-51-97/h5-84H,1-4H3. The smallest absolute Gasteiger partial charge is 0.0714 e. The van der Waals surface area contributed by atoms with Crippen LogP contribution in [-0.4, -0.2) is 0 Å². The molecule has 0 bridgehead atoms. The highest BCUT2D eigenvalue weighted by Crippen LogP contribution is 2.64. The van der Waals surface area contributed by atoms with Crippen LogP contribution in [0, 0.1) is 0 Å². The quantitative estimate of drug-likeness (QED) is 0.0896. The number of hydrogen-bond acceptors (Lipinski definition) is 2. The van der Waals surface area contributed by atoms with Crippen molar-refractivity contribution in [3.63, 3.8) is 0 Å². The second-order valence-corrected chi connectivity index (χ2v) is 36.4. The van der Waals surface area contributed by atoms with Crippen LogP contribution in [0.4, 0.5) is 34.1 Å². The van der Waals surface area contributed by atoms with Crippen LogP contribution >= 0.6 is 0 Å². The third-order valence-electron chi connectivity index (χ3n) is 28.8. The Kier molecular flexibility index (Phi) is 18.5. The normalized spacial score (nSPS) is 13.8. The SMILES string of the molecule is CC1(C)c2ccccc2-c2ccc(N(c3cc(-c4ccccc4)c(-c4cccc(-c5ccc6c(c5)-c5ccc(N(c7ccc(-c8cc(-c9ccccc9)cc(-c9ccccc9)c8)cc7)c7cccc8c7-c7ccccc7C8(c7ccccc7)c7ccccc7)cc5C6(C)C)c4)c(-c4ccccc4)c3)c3cccc4c3-c3ccccc3C4(c3ccccc3)c3ccccc3)cc21. The van der Waals surface area contributed by atoms with Gasteiger partial charge < -0.3 is 9.80 Å². The van der Waals surface area contributed by atoms with Crippen LogP contribution in [-0.2, 0) is 21.7 Å². The summed E-state index contributed by atoms with van der Waals surface area (Å²) < 4.78 is 0. The molecule has 0 aromatic heterocycles. The lowest BCUT2D eigenvalue weighted by Crippen LogP contribution is -2.28. The molecular weight excluding hydrogens is 1570 g/mol. The Morgan fingerprint density at radius 2 is 0.446 bits per heavy atom. The maximum Gasteiger partial charge on any atom is 0.0714 e. The van der Waals surface area contributed by atoms with Crippen molar-refractivity contribution in [1.82, 2.24) is 0 Å². The van der Waals surface area contributed by atoms with Crippen LogP contribution in [0.2, 0.25) is 0 Å².